The minimum Gasteiger partial charge on any atom is -0.309 e. The first-order valence-electron chi connectivity index (χ1n) is 24.6. The molecule has 0 aliphatic rings. The van der Waals surface area contributed by atoms with Crippen LogP contribution in [0.5, 0.6) is 0 Å². The Morgan fingerprint density at radius 2 is 0.754 bits per heavy atom. The summed E-state index contributed by atoms with van der Waals surface area (Å²) in [6, 6.07) is 81.4. The Balaban J connectivity index is 1.16. The molecular formula is C68H63N. The quantitative estimate of drug-likeness (QED) is 0.147. The highest BCUT2D eigenvalue weighted by Crippen LogP contribution is 2.49. The average molecular weight is 894 g/mol. The molecule has 0 aromatic heterocycles. The Kier molecular flexibility index (Phi) is 11.7. The third kappa shape index (κ3) is 9.03. The summed E-state index contributed by atoms with van der Waals surface area (Å²) in [6.07, 6.45) is 0. The van der Waals surface area contributed by atoms with Crippen LogP contribution in [0.2, 0.25) is 0 Å². The van der Waals surface area contributed by atoms with E-state index in [1.165, 1.54) is 93.9 Å². The summed E-state index contributed by atoms with van der Waals surface area (Å²) in [6.45, 7) is 20.9. The second kappa shape index (κ2) is 17.9. The number of rotatable bonds is 8. The van der Waals surface area contributed by atoms with Crippen LogP contribution in [0, 0.1) is 0 Å². The molecule has 0 aliphatic carbocycles. The summed E-state index contributed by atoms with van der Waals surface area (Å²) in [4.78, 5) is 2.50. The molecule has 10 aromatic rings. The largest absolute Gasteiger partial charge is 0.309 e. The van der Waals surface area contributed by atoms with Crippen molar-refractivity contribution in [2.24, 2.45) is 0 Å². The molecule has 69 heavy (non-hydrogen) atoms. The lowest BCUT2D eigenvalue weighted by Gasteiger charge is -2.31. The number of hydrogen-bond acceptors (Lipinski definition) is 1. The van der Waals surface area contributed by atoms with E-state index in [0.717, 1.165) is 17.1 Å². The summed E-state index contributed by atoms with van der Waals surface area (Å²) in [5.41, 5.74) is 19.4. The molecule has 0 radical (unpaired) electrons. The van der Waals surface area contributed by atoms with Crippen molar-refractivity contribution in [3.8, 4) is 55.6 Å². The van der Waals surface area contributed by atoms with Crippen LogP contribution in [0.25, 0.3) is 77.2 Å². The minimum atomic E-state index is -0.0356. The molecule has 0 heterocycles. The third-order valence-corrected chi connectivity index (χ3v) is 13.9. The molecule has 10 rings (SSSR count). The topological polar surface area (TPSA) is 3.24 Å². The predicted octanol–water partition coefficient (Wildman–Crippen LogP) is 19.7. The Bertz CT molecular complexity index is 3420. The summed E-state index contributed by atoms with van der Waals surface area (Å²) < 4.78 is 0. The molecule has 0 saturated heterocycles. The molecule has 0 N–H and O–H groups in total. The highest BCUT2D eigenvalue weighted by Gasteiger charge is 2.26. The van der Waals surface area contributed by atoms with Crippen LogP contribution in [0.15, 0.2) is 218 Å². The number of fused-ring (bicyclic) bond motifs is 2. The fourth-order valence-corrected chi connectivity index (χ4v) is 9.93. The average Bonchev–Trinajstić information content (AvgIpc) is 3.36. The highest BCUT2D eigenvalue weighted by molar-refractivity contribution is 6.09. The van der Waals surface area contributed by atoms with Gasteiger partial charge in [0, 0.05) is 16.8 Å². The monoisotopic (exact) mass is 893 g/mol. The van der Waals surface area contributed by atoms with Crippen LogP contribution in [-0.2, 0) is 16.2 Å². The molecule has 340 valence electrons. The van der Waals surface area contributed by atoms with E-state index < -0.39 is 0 Å². The molecule has 1 heteroatoms. The van der Waals surface area contributed by atoms with E-state index in [1.807, 2.05) is 0 Å². The van der Waals surface area contributed by atoms with Crippen LogP contribution in [0.3, 0.4) is 0 Å². The van der Waals surface area contributed by atoms with Gasteiger partial charge in [-0.3, -0.25) is 0 Å². The first-order valence-corrected chi connectivity index (χ1v) is 24.6. The molecular weight excluding hydrogens is 831 g/mol. The van der Waals surface area contributed by atoms with Crippen LogP contribution in [0.1, 0.15) is 79.0 Å². The van der Waals surface area contributed by atoms with Crippen molar-refractivity contribution in [3.63, 3.8) is 0 Å². The van der Waals surface area contributed by atoms with Gasteiger partial charge in [-0.15, -0.1) is 0 Å². The fourth-order valence-electron chi connectivity index (χ4n) is 9.93. The maximum absolute atomic E-state index is 2.50. The van der Waals surface area contributed by atoms with Gasteiger partial charge in [-0.05, 0) is 129 Å². The van der Waals surface area contributed by atoms with Gasteiger partial charge in [0.25, 0.3) is 0 Å². The lowest BCUT2D eigenvalue weighted by Crippen LogP contribution is -2.16. The van der Waals surface area contributed by atoms with Gasteiger partial charge in [0.1, 0.15) is 0 Å². The molecule has 0 bridgehead atoms. The Morgan fingerprint density at radius 1 is 0.275 bits per heavy atom. The highest BCUT2D eigenvalue weighted by atomic mass is 15.1. The SMILES string of the molecule is CC(C)(C)c1cc(-c2cccc3cccc(-c4ccccc4N(c4ccc(-c5ccc(-c6cccc7ccccc67)cc5)cc4)c4ccc(C(C)(C)C)cc4-c4ccccc4)c23)cc(C(C)(C)C)c1. The minimum absolute atomic E-state index is 0.00792. The summed E-state index contributed by atoms with van der Waals surface area (Å²) >= 11 is 0. The van der Waals surface area contributed by atoms with E-state index in [2.05, 4.69) is 286 Å². The smallest absolute Gasteiger partial charge is 0.0540 e. The van der Waals surface area contributed by atoms with Crippen molar-refractivity contribution in [3.05, 3.63) is 235 Å². The zero-order chi connectivity index (χ0) is 48.1. The normalized spacial score (nSPS) is 12.1. The van der Waals surface area contributed by atoms with E-state index in [4.69, 9.17) is 0 Å². The first-order chi connectivity index (χ1) is 33.1. The lowest BCUT2D eigenvalue weighted by molar-refractivity contribution is 0.569. The Hall–Kier alpha value is -7.48. The molecule has 0 saturated carbocycles. The van der Waals surface area contributed by atoms with E-state index in [9.17, 15) is 0 Å². The Labute approximate surface area is 410 Å². The van der Waals surface area contributed by atoms with Crippen LogP contribution in [-0.4, -0.2) is 0 Å². The van der Waals surface area contributed by atoms with Crippen molar-refractivity contribution >= 4 is 38.6 Å². The van der Waals surface area contributed by atoms with Crippen molar-refractivity contribution in [2.45, 2.75) is 78.6 Å². The van der Waals surface area contributed by atoms with E-state index in [1.54, 1.807) is 0 Å². The van der Waals surface area contributed by atoms with Gasteiger partial charge in [-0.2, -0.15) is 0 Å². The molecule has 10 aromatic carbocycles. The number of hydrogen-bond donors (Lipinski definition) is 0. The maximum Gasteiger partial charge on any atom is 0.0540 e. The molecule has 0 atom stereocenters. The van der Waals surface area contributed by atoms with Gasteiger partial charge in [0.05, 0.1) is 11.4 Å². The predicted molar refractivity (Wildman–Crippen MR) is 299 cm³/mol. The summed E-state index contributed by atoms with van der Waals surface area (Å²) in [5.74, 6) is 0. The Morgan fingerprint density at radius 3 is 1.41 bits per heavy atom. The molecule has 0 aliphatic heterocycles. The zero-order valence-electron chi connectivity index (χ0n) is 41.7. The van der Waals surface area contributed by atoms with Gasteiger partial charge >= 0.3 is 0 Å². The van der Waals surface area contributed by atoms with Gasteiger partial charge in [-0.1, -0.05) is 250 Å². The summed E-state index contributed by atoms with van der Waals surface area (Å²) in [5, 5.41) is 5.00. The second-order valence-corrected chi connectivity index (χ2v) is 21.9. The maximum atomic E-state index is 2.50. The number of benzene rings is 10. The number of nitrogens with zero attached hydrogens (tertiary/aromatic N) is 1. The summed E-state index contributed by atoms with van der Waals surface area (Å²) in [7, 11) is 0. The molecule has 0 amide bonds. The van der Waals surface area contributed by atoms with Crippen LogP contribution in [0.4, 0.5) is 17.1 Å². The van der Waals surface area contributed by atoms with Crippen LogP contribution >= 0.6 is 0 Å². The number of anilines is 3. The second-order valence-electron chi connectivity index (χ2n) is 21.9. The van der Waals surface area contributed by atoms with Crippen molar-refractivity contribution in [1.29, 1.82) is 0 Å². The van der Waals surface area contributed by atoms with Crippen LogP contribution < -0.4 is 4.90 Å². The van der Waals surface area contributed by atoms with Gasteiger partial charge in [0.15, 0.2) is 0 Å². The zero-order valence-corrected chi connectivity index (χ0v) is 41.7. The van der Waals surface area contributed by atoms with E-state index in [0.29, 0.717) is 0 Å². The molecule has 0 spiro atoms. The van der Waals surface area contributed by atoms with Crippen molar-refractivity contribution in [1.82, 2.24) is 0 Å². The molecule has 0 unspecified atom stereocenters. The fraction of sp³-hybridized carbons (Fsp3) is 0.176. The first kappa shape index (κ1) is 45.3. The van der Waals surface area contributed by atoms with Gasteiger partial charge < -0.3 is 4.90 Å². The van der Waals surface area contributed by atoms with Gasteiger partial charge in [0.2, 0.25) is 0 Å². The van der Waals surface area contributed by atoms with Crippen molar-refractivity contribution < 1.29 is 0 Å². The lowest BCUT2D eigenvalue weighted by atomic mass is 9.78. The van der Waals surface area contributed by atoms with Gasteiger partial charge in [-0.25, -0.2) is 0 Å². The van der Waals surface area contributed by atoms with E-state index >= 15 is 0 Å². The molecule has 0 fully saturated rings. The van der Waals surface area contributed by atoms with Crippen molar-refractivity contribution in [2.75, 3.05) is 4.90 Å². The standard InChI is InChI=1S/C68H63N/c1-66(2,3)53-38-41-64(62(45-53)49-20-11-10-12-21-49)69(56-39-36-47(37-40-56)46-32-34-50(35-33-46)58-28-17-23-48-22-13-14-26-57(48)58)63-31-16-15-27-60(63)61-30-19-25-51-24-18-29-59(65(51)61)52-42-54(67(4,5)6)44-55(43-52)68(7,8)9/h10-45H,1-9H3. The third-order valence-electron chi connectivity index (χ3n) is 13.9. The number of para-hydroxylation sites is 1. The van der Waals surface area contributed by atoms with E-state index in [-0.39, 0.29) is 16.2 Å². The molecule has 1 nitrogen and oxygen atoms in total.